The van der Waals surface area contributed by atoms with E-state index in [4.69, 9.17) is 9.47 Å². The molecule has 2 nitrogen and oxygen atoms in total. The van der Waals surface area contributed by atoms with Crippen LogP contribution in [0.15, 0.2) is 0 Å². The first-order valence-corrected chi connectivity index (χ1v) is 3.88. The van der Waals surface area contributed by atoms with Crippen LogP contribution in [-0.2, 0) is 9.47 Å². The third-order valence-electron chi connectivity index (χ3n) is 1.98. The second-order valence-electron chi connectivity index (χ2n) is 2.99. The number of ether oxygens (including phenoxy) is 2. The Morgan fingerprint density at radius 1 is 1.40 bits per heavy atom. The molecular formula is C8H16O2. The van der Waals surface area contributed by atoms with E-state index in [1.54, 1.807) is 14.2 Å². The van der Waals surface area contributed by atoms with Gasteiger partial charge < -0.3 is 9.47 Å². The lowest BCUT2D eigenvalue weighted by Gasteiger charge is -2.12. The molecular weight excluding hydrogens is 128 g/mol. The molecule has 0 N–H and O–H groups in total. The van der Waals surface area contributed by atoms with E-state index >= 15 is 0 Å². The zero-order valence-corrected chi connectivity index (χ0v) is 6.80. The maximum atomic E-state index is 5.22. The largest absolute Gasteiger partial charge is 0.382 e. The summed E-state index contributed by atoms with van der Waals surface area (Å²) in [5, 5.41) is 0. The second kappa shape index (κ2) is 3.94. The first-order valence-electron chi connectivity index (χ1n) is 3.88. The van der Waals surface area contributed by atoms with Gasteiger partial charge in [-0.15, -0.1) is 0 Å². The molecule has 0 amide bonds. The van der Waals surface area contributed by atoms with E-state index in [2.05, 4.69) is 0 Å². The van der Waals surface area contributed by atoms with Gasteiger partial charge in [-0.1, -0.05) is 12.8 Å². The molecule has 1 atom stereocenters. The monoisotopic (exact) mass is 144 g/mol. The van der Waals surface area contributed by atoms with Gasteiger partial charge in [0.25, 0.3) is 0 Å². The van der Waals surface area contributed by atoms with Crippen molar-refractivity contribution < 1.29 is 9.47 Å². The molecule has 0 radical (unpaired) electrons. The van der Waals surface area contributed by atoms with Crippen molar-refractivity contribution in [2.24, 2.45) is 5.92 Å². The van der Waals surface area contributed by atoms with Crippen LogP contribution >= 0.6 is 0 Å². The van der Waals surface area contributed by atoms with E-state index in [-0.39, 0.29) is 0 Å². The van der Waals surface area contributed by atoms with Crippen molar-refractivity contribution in [2.45, 2.75) is 25.4 Å². The van der Waals surface area contributed by atoms with Crippen LogP contribution in [0.4, 0.5) is 0 Å². The van der Waals surface area contributed by atoms with Crippen LogP contribution in [-0.4, -0.2) is 26.9 Å². The van der Waals surface area contributed by atoms with Gasteiger partial charge in [-0.2, -0.15) is 0 Å². The zero-order valence-electron chi connectivity index (χ0n) is 6.80. The van der Waals surface area contributed by atoms with E-state index in [1.807, 2.05) is 0 Å². The lowest BCUT2D eigenvalue weighted by molar-refractivity contribution is 0.0203. The molecule has 1 rings (SSSR count). The van der Waals surface area contributed by atoms with Crippen molar-refractivity contribution in [2.75, 3.05) is 20.8 Å². The van der Waals surface area contributed by atoms with Gasteiger partial charge in [0.15, 0.2) is 0 Å². The minimum atomic E-state index is 0.331. The van der Waals surface area contributed by atoms with E-state index < -0.39 is 0 Å². The van der Waals surface area contributed by atoms with Crippen molar-refractivity contribution in [3.05, 3.63) is 0 Å². The maximum absolute atomic E-state index is 5.22. The molecule has 0 spiro atoms. The predicted octanol–water partition coefficient (Wildman–Crippen LogP) is 1.45. The number of hydrogen-bond acceptors (Lipinski definition) is 2. The minimum absolute atomic E-state index is 0.331. The normalized spacial score (nSPS) is 21.0. The van der Waals surface area contributed by atoms with E-state index in [0.29, 0.717) is 6.10 Å². The summed E-state index contributed by atoms with van der Waals surface area (Å²) in [6.07, 6.45) is 4.30. The molecule has 0 bridgehead atoms. The fraction of sp³-hybridized carbons (Fsp3) is 1.00. The average Bonchev–Trinajstić information content (AvgIpc) is 2.71. The van der Waals surface area contributed by atoms with Gasteiger partial charge in [0, 0.05) is 14.2 Å². The van der Waals surface area contributed by atoms with Crippen molar-refractivity contribution in [1.82, 2.24) is 0 Å². The summed E-state index contributed by atoms with van der Waals surface area (Å²) in [6, 6.07) is 0. The summed E-state index contributed by atoms with van der Waals surface area (Å²) in [7, 11) is 3.48. The molecule has 0 saturated heterocycles. The number of hydrogen-bond donors (Lipinski definition) is 0. The molecule has 0 aromatic rings. The second-order valence-corrected chi connectivity index (χ2v) is 2.99. The zero-order chi connectivity index (χ0) is 7.40. The Labute approximate surface area is 62.5 Å². The fourth-order valence-electron chi connectivity index (χ4n) is 1.14. The summed E-state index contributed by atoms with van der Waals surface area (Å²) < 4.78 is 10.2. The van der Waals surface area contributed by atoms with Crippen LogP contribution in [0.1, 0.15) is 19.3 Å². The first-order chi connectivity index (χ1) is 4.86. The molecule has 1 fully saturated rings. The fourth-order valence-corrected chi connectivity index (χ4v) is 1.14. The Bertz CT molecular complexity index is 89.3. The number of rotatable bonds is 5. The lowest BCUT2D eigenvalue weighted by atomic mass is 10.2. The third kappa shape index (κ3) is 2.67. The van der Waals surface area contributed by atoms with E-state index in [1.165, 1.54) is 19.3 Å². The van der Waals surface area contributed by atoms with Crippen LogP contribution in [0.2, 0.25) is 0 Å². The van der Waals surface area contributed by atoms with Crippen LogP contribution in [0.5, 0.6) is 0 Å². The third-order valence-corrected chi connectivity index (χ3v) is 1.98. The predicted molar refractivity (Wildman–Crippen MR) is 40.0 cm³/mol. The molecule has 2 heteroatoms. The highest BCUT2D eigenvalue weighted by Gasteiger charge is 2.25. The molecule has 1 aliphatic rings. The van der Waals surface area contributed by atoms with Crippen LogP contribution in [0.3, 0.4) is 0 Å². The Hall–Kier alpha value is -0.0800. The van der Waals surface area contributed by atoms with Crippen molar-refractivity contribution in [1.29, 1.82) is 0 Å². The minimum Gasteiger partial charge on any atom is -0.382 e. The highest BCUT2D eigenvalue weighted by molar-refractivity contribution is 4.76. The van der Waals surface area contributed by atoms with Gasteiger partial charge in [0.2, 0.25) is 0 Å². The molecule has 1 aliphatic carbocycles. The quantitative estimate of drug-likeness (QED) is 0.581. The molecule has 1 saturated carbocycles. The van der Waals surface area contributed by atoms with Crippen molar-refractivity contribution in [3.63, 3.8) is 0 Å². The SMILES string of the molecule is COC[C@H](CC1CC1)OC. The van der Waals surface area contributed by atoms with Crippen molar-refractivity contribution >= 4 is 0 Å². The van der Waals surface area contributed by atoms with Gasteiger partial charge in [0.1, 0.15) is 0 Å². The van der Waals surface area contributed by atoms with Gasteiger partial charge in [-0.25, -0.2) is 0 Å². The van der Waals surface area contributed by atoms with Crippen LogP contribution in [0.25, 0.3) is 0 Å². The van der Waals surface area contributed by atoms with Crippen LogP contribution in [0, 0.1) is 5.92 Å². The molecule has 0 unspecified atom stereocenters. The van der Waals surface area contributed by atoms with Gasteiger partial charge in [0.05, 0.1) is 12.7 Å². The first kappa shape index (κ1) is 8.02. The molecule has 0 aromatic carbocycles. The Balaban J connectivity index is 2.05. The molecule has 0 aliphatic heterocycles. The average molecular weight is 144 g/mol. The summed E-state index contributed by atoms with van der Waals surface area (Å²) in [4.78, 5) is 0. The van der Waals surface area contributed by atoms with E-state index in [9.17, 15) is 0 Å². The Morgan fingerprint density at radius 3 is 2.50 bits per heavy atom. The van der Waals surface area contributed by atoms with Gasteiger partial charge in [-0.3, -0.25) is 0 Å². The van der Waals surface area contributed by atoms with E-state index in [0.717, 1.165) is 12.5 Å². The maximum Gasteiger partial charge on any atom is 0.0807 e. The summed E-state index contributed by atoms with van der Waals surface area (Å²) in [5.74, 6) is 0.931. The molecule has 0 aromatic heterocycles. The topological polar surface area (TPSA) is 18.5 Å². The summed E-state index contributed by atoms with van der Waals surface area (Å²) in [5.41, 5.74) is 0. The van der Waals surface area contributed by atoms with Crippen LogP contribution < -0.4 is 0 Å². The summed E-state index contributed by atoms with van der Waals surface area (Å²) >= 11 is 0. The van der Waals surface area contributed by atoms with Crippen molar-refractivity contribution in [3.8, 4) is 0 Å². The smallest absolute Gasteiger partial charge is 0.0807 e. The number of methoxy groups -OCH3 is 2. The summed E-state index contributed by atoms with van der Waals surface area (Å²) in [6.45, 7) is 0.743. The molecule has 10 heavy (non-hydrogen) atoms. The highest BCUT2D eigenvalue weighted by atomic mass is 16.5. The van der Waals surface area contributed by atoms with Gasteiger partial charge in [-0.05, 0) is 12.3 Å². The Morgan fingerprint density at radius 2 is 2.10 bits per heavy atom. The van der Waals surface area contributed by atoms with Gasteiger partial charge >= 0.3 is 0 Å². The highest BCUT2D eigenvalue weighted by Crippen LogP contribution is 2.34. The molecule has 0 heterocycles. The Kier molecular flexibility index (Phi) is 3.16. The standard InChI is InChI=1S/C8H16O2/c1-9-6-8(10-2)5-7-3-4-7/h7-8H,3-6H2,1-2H3/t8-/m0/s1. The molecule has 60 valence electrons. The lowest BCUT2D eigenvalue weighted by Crippen LogP contribution is -2.17.